The van der Waals surface area contributed by atoms with Crippen LogP contribution < -0.4 is 10.5 Å². The zero-order valence-electron chi connectivity index (χ0n) is 18.9. The number of rotatable bonds is 2. The summed E-state index contributed by atoms with van der Waals surface area (Å²) in [5, 5.41) is 0. The van der Waals surface area contributed by atoms with Gasteiger partial charge in [-0.3, -0.25) is 14.0 Å². The number of hydrogen-bond acceptors (Lipinski definition) is 4. The van der Waals surface area contributed by atoms with Crippen LogP contribution in [0.25, 0.3) is 16.6 Å². The molecule has 4 aromatic rings. The van der Waals surface area contributed by atoms with Gasteiger partial charge in [-0.2, -0.15) is 0 Å². The summed E-state index contributed by atoms with van der Waals surface area (Å²) in [7, 11) is 0. The summed E-state index contributed by atoms with van der Waals surface area (Å²) < 4.78 is 7.49. The lowest BCUT2D eigenvalue weighted by molar-refractivity contribution is 0.0835. The zero-order chi connectivity index (χ0) is 22.7. The van der Waals surface area contributed by atoms with Gasteiger partial charge in [-0.05, 0) is 61.9 Å². The molecule has 0 atom stereocenters. The molecule has 6 rings (SSSR count). The van der Waals surface area contributed by atoms with E-state index in [0.717, 1.165) is 47.4 Å². The lowest BCUT2D eigenvalue weighted by atomic mass is 9.99. The molecule has 2 aliphatic heterocycles. The van der Waals surface area contributed by atoms with Crippen molar-refractivity contribution in [2.75, 3.05) is 24.7 Å². The van der Waals surface area contributed by atoms with E-state index in [-0.39, 0.29) is 17.4 Å². The summed E-state index contributed by atoms with van der Waals surface area (Å²) in [4.78, 5) is 36.0. The molecular formula is C26H26N4O3. The molecule has 2 aromatic heterocycles. The van der Waals surface area contributed by atoms with Crippen LogP contribution in [0.5, 0.6) is 0 Å². The first kappa shape index (κ1) is 20.2. The van der Waals surface area contributed by atoms with Crippen molar-refractivity contribution >= 4 is 28.1 Å². The first-order valence-electron chi connectivity index (χ1n) is 11.5. The number of carbonyl (C=O) groups excluding carboxylic acids is 1. The topological polar surface area (TPSA) is 79.7 Å². The molecule has 0 spiro atoms. The Hall–Kier alpha value is -3.45. The summed E-state index contributed by atoms with van der Waals surface area (Å²) in [6.45, 7) is 6.08. The minimum Gasteiger partial charge on any atom is -0.381 e. The first-order valence-corrected chi connectivity index (χ1v) is 11.5. The summed E-state index contributed by atoms with van der Waals surface area (Å²) in [5.74, 6) is 1.11. The standard InChI is InChI=1S/C26H26N4O3/c1-15-4-3-5-17-6-9-29(23(15)17)26(32)19-13-20-21(12-16(19)2)30-22(25(31)28-20)14-27-24(30)18-7-10-33-11-8-18/h3-5,12-14,18H,6-11H2,1-2H3,(H,28,31). The molecule has 1 amide bonds. The van der Waals surface area contributed by atoms with Crippen LogP contribution in [0.15, 0.2) is 41.3 Å². The number of anilines is 1. The third-order valence-corrected chi connectivity index (χ3v) is 7.11. The molecule has 1 fully saturated rings. The predicted octanol–water partition coefficient (Wildman–Crippen LogP) is 3.89. The van der Waals surface area contributed by atoms with E-state index >= 15 is 0 Å². The molecule has 168 valence electrons. The smallest absolute Gasteiger partial charge is 0.274 e. The number of hydrogen-bond donors (Lipinski definition) is 1. The Bertz CT molecular complexity index is 1480. The van der Waals surface area contributed by atoms with Crippen LogP contribution in [-0.2, 0) is 11.2 Å². The molecule has 0 bridgehead atoms. The second kappa shape index (κ2) is 7.56. The normalized spacial score (nSPS) is 16.6. The first-order chi connectivity index (χ1) is 16.0. The van der Waals surface area contributed by atoms with Crippen molar-refractivity contribution in [1.29, 1.82) is 0 Å². The van der Waals surface area contributed by atoms with E-state index in [1.54, 1.807) is 6.20 Å². The number of benzene rings is 2. The highest BCUT2D eigenvalue weighted by molar-refractivity contribution is 6.10. The average Bonchev–Trinajstić information content (AvgIpc) is 3.46. The van der Waals surface area contributed by atoms with E-state index in [0.29, 0.717) is 36.4 Å². The van der Waals surface area contributed by atoms with Crippen LogP contribution in [-0.4, -0.2) is 40.0 Å². The van der Waals surface area contributed by atoms with Gasteiger partial charge in [0.25, 0.3) is 11.5 Å². The number of aromatic nitrogens is 3. The van der Waals surface area contributed by atoms with E-state index in [9.17, 15) is 9.59 Å². The number of nitrogens with one attached hydrogen (secondary N) is 1. The maximum Gasteiger partial charge on any atom is 0.274 e. The van der Waals surface area contributed by atoms with Crippen molar-refractivity contribution in [2.24, 2.45) is 0 Å². The van der Waals surface area contributed by atoms with Gasteiger partial charge in [-0.1, -0.05) is 18.2 Å². The number of aromatic amines is 1. The van der Waals surface area contributed by atoms with Crippen molar-refractivity contribution in [3.05, 3.63) is 75.0 Å². The predicted molar refractivity (Wildman–Crippen MR) is 127 cm³/mol. The van der Waals surface area contributed by atoms with E-state index in [1.165, 1.54) is 5.56 Å². The van der Waals surface area contributed by atoms with Crippen LogP contribution >= 0.6 is 0 Å². The molecule has 7 nitrogen and oxygen atoms in total. The fraction of sp³-hybridized carbons (Fsp3) is 0.346. The number of imidazole rings is 1. The maximum absolute atomic E-state index is 13.6. The quantitative estimate of drug-likeness (QED) is 0.511. The van der Waals surface area contributed by atoms with Crippen molar-refractivity contribution in [2.45, 2.75) is 39.0 Å². The van der Waals surface area contributed by atoms with Crippen molar-refractivity contribution in [3.63, 3.8) is 0 Å². The Balaban J connectivity index is 1.50. The molecule has 0 saturated carbocycles. The van der Waals surface area contributed by atoms with Crippen LogP contribution in [0.3, 0.4) is 0 Å². The number of H-pyrrole nitrogens is 1. The number of para-hydroxylation sites is 1. The van der Waals surface area contributed by atoms with Gasteiger partial charge in [0.15, 0.2) is 0 Å². The molecule has 2 aliphatic rings. The van der Waals surface area contributed by atoms with Gasteiger partial charge in [0.2, 0.25) is 0 Å². The van der Waals surface area contributed by atoms with Crippen LogP contribution in [0, 0.1) is 13.8 Å². The Morgan fingerprint density at radius 2 is 1.94 bits per heavy atom. The number of carbonyl (C=O) groups is 1. The Morgan fingerprint density at radius 1 is 1.12 bits per heavy atom. The van der Waals surface area contributed by atoms with Gasteiger partial charge < -0.3 is 14.6 Å². The lowest BCUT2D eigenvalue weighted by Crippen LogP contribution is -2.30. The molecule has 33 heavy (non-hydrogen) atoms. The highest BCUT2D eigenvalue weighted by Crippen LogP contribution is 2.34. The lowest BCUT2D eigenvalue weighted by Gasteiger charge is -2.22. The van der Waals surface area contributed by atoms with E-state index in [1.807, 2.05) is 47.4 Å². The SMILES string of the molecule is Cc1cc2c(cc1C(=O)N1CCc3cccc(C)c31)[nH]c(=O)c1cnc(C3CCOCC3)n12. The molecule has 0 radical (unpaired) electrons. The molecular weight excluding hydrogens is 416 g/mol. The number of amides is 1. The molecule has 7 heteroatoms. The largest absolute Gasteiger partial charge is 0.381 e. The van der Waals surface area contributed by atoms with E-state index in [2.05, 4.69) is 16.0 Å². The molecule has 0 aliphatic carbocycles. The highest BCUT2D eigenvalue weighted by Gasteiger charge is 2.29. The van der Waals surface area contributed by atoms with Crippen LogP contribution in [0.2, 0.25) is 0 Å². The van der Waals surface area contributed by atoms with E-state index in [4.69, 9.17) is 4.74 Å². The zero-order valence-corrected chi connectivity index (χ0v) is 18.9. The number of aryl methyl sites for hydroxylation is 2. The summed E-state index contributed by atoms with van der Waals surface area (Å²) in [6, 6.07) is 10.0. The summed E-state index contributed by atoms with van der Waals surface area (Å²) in [5.41, 5.74) is 6.68. The van der Waals surface area contributed by atoms with E-state index < -0.39 is 0 Å². The van der Waals surface area contributed by atoms with Gasteiger partial charge in [-0.15, -0.1) is 0 Å². The Morgan fingerprint density at radius 3 is 2.76 bits per heavy atom. The fourth-order valence-electron chi connectivity index (χ4n) is 5.42. The minimum atomic E-state index is -0.196. The monoisotopic (exact) mass is 442 g/mol. The number of nitrogens with zero attached hydrogens (tertiary/aromatic N) is 3. The fourth-order valence-corrected chi connectivity index (χ4v) is 5.42. The minimum absolute atomic E-state index is 0.0290. The van der Waals surface area contributed by atoms with Gasteiger partial charge in [0.05, 0.1) is 22.9 Å². The third-order valence-electron chi connectivity index (χ3n) is 7.11. The third kappa shape index (κ3) is 3.10. The van der Waals surface area contributed by atoms with Crippen LogP contribution in [0.4, 0.5) is 5.69 Å². The Labute approximate surface area is 191 Å². The summed E-state index contributed by atoms with van der Waals surface area (Å²) in [6.07, 6.45) is 4.28. The molecule has 4 heterocycles. The second-order valence-corrected chi connectivity index (χ2v) is 9.15. The van der Waals surface area contributed by atoms with Crippen LogP contribution in [0.1, 0.15) is 51.6 Å². The summed E-state index contributed by atoms with van der Waals surface area (Å²) >= 11 is 0. The maximum atomic E-state index is 13.6. The molecule has 1 saturated heterocycles. The van der Waals surface area contributed by atoms with Gasteiger partial charge in [0, 0.05) is 31.2 Å². The van der Waals surface area contributed by atoms with Crippen molar-refractivity contribution in [3.8, 4) is 0 Å². The van der Waals surface area contributed by atoms with Crippen molar-refractivity contribution in [1.82, 2.24) is 14.4 Å². The molecule has 0 unspecified atom stereocenters. The van der Waals surface area contributed by atoms with Crippen molar-refractivity contribution < 1.29 is 9.53 Å². The highest BCUT2D eigenvalue weighted by atomic mass is 16.5. The average molecular weight is 443 g/mol. The van der Waals surface area contributed by atoms with Gasteiger partial charge in [-0.25, -0.2) is 4.98 Å². The van der Waals surface area contributed by atoms with Gasteiger partial charge in [0.1, 0.15) is 11.3 Å². The number of ether oxygens (including phenoxy) is 1. The molecule has 1 N–H and O–H groups in total. The Kier molecular flexibility index (Phi) is 4.62. The second-order valence-electron chi connectivity index (χ2n) is 9.15. The molecule has 2 aromatic carbocycles. The number of fused-ring (bicyclic) bond motifs is 4. The van der Waals surface area contributed by atoms with Gasteiger partial charge >= 0.3 is 0 Å².